The second kappa shape index (κ2) is 7.77. The van der Waals surface area contributed by atoms with Crippen LogP contribution in [0.25, 0.3) is 16.6 Å². The number of hydrogen-bond donors (Lipinski definition) is 4. The highest BCUT2D eigenvalue weighted by Crippen LogP contribution is 2.41. The quantitative estimate of drug-likeness (QED) is 0.429. The Kier molecular flexibility index (Phi) is 5.23. The van der Waals surface area contributed by atoms with E-state index in [9.17, 15) is 29.3 Å². The number of β-amino-alcohol motifs (C(OH)–C–C–N with tert-alkyl or cyclic N) is 1. The summed E-state index contributed by atoms with van der Waals surface area (Å²) in [5.74, 6) is -3.28. The zero-order valence-electron chi connectivity index (χ0n) is 16.8. The van der Waals surface area contributed by atoms with Crippen molar-refractivity contribution in [3.63, 3.8) is 0 Å². The molecule has 2 aromatic carbocycles. The number of benzene rings is 2. The molecule has 4 rings (SSSR count). The molecule has 1 aliphatic heterocycles. The second-order valence-corrected chi connectivity index (χ2v) is 7.40. The molecular weight excluding hydrogens is 428 g/mol. The molecule has 32 heavy (non-hydrogen) atoms. The average molecular weight is 447 g/mol. The highest BCUT2D eigenvalue weighted by Gasteiger charge is 2.32. The molecular formula is C21H19F2N3O6. The maximum absolute atomic E-state index is 15.1. The Morgan fingerprint density at radius 1 is 1.25 bits per heavy atom. The Balaban J connectivity index is 2.18. The Labute approximate surface area is 179 Å². The number of carboxylic acid groups (broad SMARTS) is 1. The number of nitrogens with two attached hydrogens (primary N) is 1. The van der Waals surface area contributed by atoms with Crippen LogP contribution < -0.4 is 20.8 Å². The number of aromatic carboxylic acids is 1. The number of pyridine rings is 1. The third kappa shape index (κ3) is 3.22. The van der Waals surface area contributed by atoms with E-state index < -0.39 is 41.3 Å². The first-order valence-corrected chi connectivity index (χ1v) is 9.49. The van der Waals surface area contributed by atoms with Crippen molar-refractivity contribution in [1.82, 2.24) is 4.57 Å². The monoisotopic (exact) mass is 447 g/mol. The van der Waals surface area contributed by atoms with Crippen molar-refractivity contribution < 1.29 is 33.6 Å². The van der Waals surface area contributed by atoms with Crippen LogP contribution in [0.15, 0.2) is 29.2 Å². The van der Waals surface area contributed by atoms with Gasteiger partial charge in [-0.15, -0.1) is 0 Å². The van der Waals surface area contributed by atoms with Crippen molar-refractivity contribution in [2.75, 3.05) is 30.8 Å². The summed E-state index contributed by atoms with van der Waals surface area (Å²) >= 11 is 0. The number of aromatic nitrogens is 1. The van der Waals surface area contributed by atoms with Crippen LogP contribution in [0.5, 0.6) is 5.75 Å². The molecule has 1 aliphatic rings. The average Bonchev–Trinajstić information content (AvgIpc) is 2.73. The lowest BCUT2D eigenvalue weighted by Crippen LogP contribution is -2.51. The fourth-order valence-electron chi connectivity index (χ4n) is 3.85. The number of anilines is 2. The smallest absolute Gasteiger partial charge is 0.341 e. The van der Waals surface area contributed by atoms with Gasteiger partial charge in [-0.3, -0.25) is 4.79 Å². The van der Waals surface area contributed by atoms with Gasteiger partial charge >= 0.3 is 5.97 Å². The summed E-state index contributed by atoms with van der Waals surface area (Å²) in [5, 5.41) is 28.6. The number of rotatable bonds is 5. The van der Waals surface area contributed by atoms with E-state index in [-0.39, 0.29) is 52.4 Å². The van der Waals surface area contributed by atoms with Crippen LogP contribution in [-0.4, -0.2) is 52.2 Å². The SMILES string of the molecule is COc1c(N2CC(O)C2)c(F)cc2c(=O)c(C(=O)O)cn(-c3cc(N)c(F)cc3CO)c12. The van der Waals surface area contributed by atoms with Gasteiger partial charge in [0, 0.05) is 24.8 Å². The highest BCUT2D eigenvalue weighted by atomic mass is 19.1. The maximum atomic E-state index is 15.1. The molecule has 0 spiro atoms. The first-order chi connectivity index (χ1) is 15.2. The number of hydrogen-bond acceptors (Lipinski definition) is 7. The number of aliphatic hydroxyl groups excluding tert-OH is 2. The number of carbonyl (C=O) groups is 1. The number of carboxylic acids is 1. The van der Waals surface area contributed by atoms with E-state index in [1.54, 1.807) is 0 Å². The predicted molar refractivity (Wildman–Crippen MR) is 112 cm³/mol. The molecule has 0 unspecified atom stereocenters. The fourth-order valence-corrected chi connectivity index (χ4v) is 3.85. The van der Waals surface area contributed by atoms with Gasteiger partial charge in [0.05, 0.1) is 36.6 Å². The summed E-state index contributed by atoms with van der Waals surface area (Å²) in [5.41, 5.74) is 3.90. The summed E-state index contributed by atoms with van der Waals surface area (Å²) in [6.45, 7) is -0.375. The topological polar surface area (TPSA) is 138 Å². The molecule has 5 N–H and O–H groups in total. The number of ether oxygens (including phenoxy) is 1. The van der Waals surface area contributed by atoms with Crippen molar-refractivity contribution >= 4 is 28.2 Å². The highest BCUT2D eigenvalue weighted by molar-refractivity contribution is 5.98. The summed E-state index contributed by atoms with van der Waals surface area (Å²) in [6.07, 6.45) is 0.331. The first kappa shape index (κ1) is 21.5. The van der Waals surface area contributed by atoms with Gasteiger partial charge in [-0.2, -0.15) is 0 Å². The molecule has 11 heteroatoms. The molecule has 3 aromatic rings. The van der Waals surface area contributed by atoms with Gasteiger partial charge < -0.3 is 35.3 Å². The normalized spacial score (nSPS) is 14.0. The molecule has 1 fully saturated rings. The van der Waals surface area contributed by atoms with Crippen LogP contribution in [-0.2, 0) is 6.61 Å². The van der Waals surface area contributed by atoms with Crippen LogP contribution in [0, 0.1) is 11.6 Å². The number of aliphatic hydroxyl groups is 2. The van der Waals surface area contributed by atoms with Crippen molar-refractivity contribution in [3.05, 3.63) is 57.4 Å². The molecule has 0 amide bonds. The Bertz CT molecular complexity index is 1320. The van der Waals surface area contributed by atoms with E-state index in [4.69, 9.17) is 10.5 Å². The van der Waals surface area contributed by atoms with Crippen LogP contribution in [0.4, 0.5) is 20.2 Å². The van der Waals surface area contributed by atoms with Crippen LogP contribution >= 0.6 is 0 Å². The van der Waals surface area contributed by atoms with Gasteiger partial charge in [-0.25, -0.2) is 13.6 Å². The van der Waals surface area contributed by atoms with E-state index in [2.05, 4.69) is 0 Å². The van der Waals surface area contributed by atoms with Gasteiger partial charge in [0.2, 0.25) is 5.43 Å². The van der Waals surface area contributed by atoms with Gasteiger partial charge in [-0.05, 0) is 18.2 Å². The van der Waals surface area contributed by atoms with E-state index in [0.717, 1.165) is 18.3 Å². The van der Waals surface area contributed by atoms with Crippen molar-refractivity contribution in [1.29, 1.82) is 0 Å². The lowest BCUT2D eigenvalue weighted by atomic mass is 10.0. The zero-order chi connectivity index (χ0) is 23.3. The lowest BCUT2D eigenvalue weighted by Gasteiger charge is -2.39. The molecule has 0 bridgehead atoms. The molecule has 0 atom stereocenters. The summed E-state index contributed by atoms with van der Waals surface area (Å²) in [6, 6.07) is 3.05. The minimum atomic E-state index is -1.56. The van der Waals surface area contributed by atoms with Gasteiger partial charge in [0.1, 0.15) is 22.6 Å². The molecule has 1 saturated heterocycles. The number of nitrogens with zero attached hydrogens (tertiary/aromatic N) is 2. The Morgan fingerprint density at radius 3 is 2.50 bits per heavy atom. The van der Waals surface area contributed by atoms with Crippen molar-refractivity contribution in [3.8, 4) is 11.4 Å². The molecule has 0 saturated carbocycles. The zero-order valence-corrected chi connectivity index (χ0v) is 16.8. The van der Waals surface area contributed by atoms with Crippen molar-refractivity contribution in [2.24, 2.45) is 0 Å². The minimum absolute atomic E-state index is 0.000924. The van der Waals surface area contributed by atoms with E-state index in [1.165, 1.54) is 22.6 Å². The summed E-state index contributed by atoms with van der Waals surface area (Å²) < 4.78 is 35.7. The van der Waals surface area contributed by atoms with E-state index in [1.807, 2.05) is 0 Å². The molecule has 0 aliphatic carbocycles. The Morgan fingerprint density at radius 2 is 1.94 bits per heavy atom. The maximum Gasteiger partial charge on any atom is 0.341 e. The van der Waals surface area contributed by atoms with E-state index in [0.29, 0.717) is 0 Å². The largest absolute Gasteiger partial charge is 0.492 e. The van der Waals surface area contributed by atoms with Crippen LogP contribution in [0.2, 0.25) is 0 Å². The van der Waals surface area contributed by atoms with Gasteiger partial charge in [-0.1, -0.05) is 0 Å². The number of halogens is 2. The molecule has 2 heterocycles. The van der Waals surface area contributed by atoms with Crippen LogP contribution in [0.1, 0.15) is 15.9 Å². The number of nitrogen functional groups attached to an aromatic ring is 1. The standard InChI is InChI=1S/C21H19F2N3O6/c1-32-20-17-11(3-14(23)18(20)25-5-10(28)6-25)19(29)12(21(30)31)7-26(17)16-4-15(24)13(22)2-9(16)8-27/h2-4,7,10,27-28H,5-6,8,24H2,1H3,(H,30,31). The second-order valence-electron chi connectivity index (χ2n) is 7.40. The molecule has 0 radical (unpaired) electrons. The predicted octanol–water partition coefficient (Wildman–Crippen LogP) is 1.23. The van der Waals surface area contributed by atoms with E-state index >= 15 is 4.39 Å². The molecule has 1 aromatic heterocycles. The van der Waals surface area contributed by atoms with Crippen LogP contribution in [0.3, 0.4) is 0 Å². The third-order valence-corrected chi connectivity index (χ3v) is 5.41. The fraction of sp³-hybridized carbons (Fsp3) is 0.238. The first-order valence-electron chi connectivity index (χ1n) is 9.49. The summed E-state index contributed by atoms with van der Waals surface area (Å²) in [7, 11) is 1.25. The lowest BCUT2D eigenvalue weighted by molar-refractivity contribution is 0.0695. The van der Waals surface area contributed by atoms with Crippen molar-refractivity contribution in [2.45, 2.75) is 12.7 Å². The van der Waals surface area contributed by atoms with Gasteiger partial charge in [0.25, 0.3) is 0 Å². The minimum Gasteiger partial charge on any atom is -0.492 e. The van der Waals surface area contributed by atoms with Gasteiger partial charge in [0.15, 0.2) is 11.6 Å². The number of methoxy groups -OCH3 is 1. The Hall–Kier alpha value is -3.70. The summed E-state index contributed by atoms with van der Waals surface area (Å²) in [4.78, 5) is 26.1. The molecule has 9 nitrogen and oxygen atoms in total. The third-order valence-electron chi connectivity index (χ3n) is 5.41. The molecule has 168 valence electrons. The number of fused-ring (bicyclic) bond motifs is 1.